The summed E-state index contributed by atoms with van der Waals surface area (Å²) in [6.07, 6.45) is 1.12. The number of ether oxygens (including phenoxy) is 1. The van der Waals surface area contributed by atoms with E-state index in [0.717, 1.165) is 11.3 Å². The van der Waals surface area contributed by atoms with Crippen LogP contribution in [-0.4, -0.2) is 29.3 Å². The van der Waals surface area contributed by atoms with Crippen molar-refractivity contribution in [2.75, 3.05) is 13.2 Å². The van der Waals surface area contributed by atoms with E-state index < -0.39 is 6.10 Å². The molecular weight excluding hydrogens is 360 g/mol. The van der Waals surface area contributed by atoms with Gasteiger partial charge < -0.3 is 15.2 Å². The summed E-state index contributed by atoms with van der Waals surface area (Å²) < 4.78 is 5.62. The van der Waals surface area contributed by atoms with Gasteiger partial charge in [-0.2, -0.15) is 0 Å². The van der Waals surface area contributed by atoms with Gasteiger partial charge in [0.15, 0.2) is 0 Å². The number of nitrogens with one attached hydrogen (secondary N) is 1. The van der Waals surface area contributed by atoms with E-state index in [4.69, 9.17) is 16.3 Å². The Balaban J connectivity index is 1.62. The lowest BCUT2D eigenvalue weighted by molar-refractivity contribution is 0.104. The average Bonchev–Trinajstić information content (AvgIpc) is 2.70. The quantitative estimate of drug-likeness (QED) is 0.614. The van der Waals surface area contributed by atoms with Crippen LogP contribution in [0.15, 0.2) is 72.9 Å². The molecule has 27 heavy (non-hydrogen) atoms. The van der Waals surface area contributed by atoms with Crippen LogP contribution in [0, 0.1) is 6.92 Å². The molecule has 1 heterocycles. The van der Waals surface area contributed by atoms with Gasteiger partial charge in [-0.25, -0.2) is 0 Å². The van der Waals surface area contributed by atoms with Crippen LogP contribution in [0.3, 0.4) is 0 Å². The van der Waals surface area contributed by atoms with Gasteiger partial charge in [0.25, 0.3) is 0 Å². The predicted octanol–water partition coefficient (Wildman–Crippen LogP) is 4.16. The fourth-order valence-electron chi connectivity index (χ4n) is 2.73. The first-order valence-corrected chi connectivity index (χ1v) is 9.27. The summed E-state index contributed by atoms with van der Waals surface area (Å²) in [6, 6.07) is 21.1. The Labute approximate surface area is 164 Å². The molecule has 4 nitrogen and oxygen atoms in total. The van der Waals surface area contributed by atoms with Gasteiger partial charge in [0.1, 0.15) is 18.5 Å². The smallest absolute Gasteiger partial charge is 0.119 e. The minimum absolute atomic E-state index is 0.100. The second-order valence-corrected chi connectivity index (χ2v) is 6.86. The third-order valence-corrected chi connectivity index (χ3v) is 4.46. The maximum Gasteiger partial charge on any atom is 0.119 e. The highest BCUT2D eigenvalue weighted by Gasteiger charge is 2.16. The van der Waals surface area contributed by atoms with Gasteiger partial charge in [0.05, 0.1) is 11.7 Å². The number of aliphatic hydroxyl groups excluding tert-OH is 1. The maximum absolute atomic E-state index is 10.3. The minimum atomic E-state index is -0.655. The predicted molar refractivity (Wildman–Crippen MR) is 108 cm³/mol. The lowest BCUT2D eigenvalue weighted by Crippen LogP contribution is -2.34. The minimum Gasteiger partial charge on any atom is -0.491 e. The van der Waals surface area contributed by atoms with Gasteiger partial charge in [0, 0.05) is 17.8 Å². The van der Waals surface area contributed by atoms with E-state index in [1.807, 2.05) is 18.2 Å². The Morgan fingerprint density at radius 3 is 2.44 bits per heavy atom. The van der Waals surface area contributed by atoms with Crippen molar-refractivity contribution in [2.24, 2.45) is 0 Å². The second-order valence-electron chi connectivity index (χ2n) is 6.43. The summed E-state index contributed by atoms with van der Waals surface area (Å²) in [5.74, 6) is 0.679. The van der Waals surface area contributed by atoms with Crippen molar-refractivity contribution in [3.63, 3.8) is 0 Å². The molecule has 0 saturated heterocycles. The van der Waals surface area contributed by atoms with Crippen molar-refractivity contribution in [3.05, 3.63) is 94.8 Å². The molecule has 2 N–H and O–H groups in total. The van der Waals surface area contributed by atoms with Gasteiger partial charge >= 0.3 is 0 Å². The number of aryl methyl sites for hydroxylation is 1. The highest BCUT2D eigenvalue weighted by molar-refractivity contribution is 6.30. The van der Waals surface area contributed by atoms with Crippen LogP contribution in [0.2, 0.25) is 5.02 Å². The molecule has 1 aromatic heterocycles. The van der Waals surface area contributed by atoms with Crippen LogP contribution < -0.4 is 10.1 Å². The molecule has 0 radical (unpaired) electrons. The standard InChI is InChI=1S/C22H23ClN2O2/c1-16-5-7-17(8-6-16)22(21-4-2-3-13-24-21)25-14-19(26)15-27-20-11-9-18(23)10-12-20/h2-13,19,22,25-26H,14-15H2,1H3. The monoisotopic (exact) mass is 382 g/mol. The Hall–Kier alpha value is -2.40. The van der Waals surface area contributed by atoms with E-state index >= 15 is 0 Å². The largest absolute Gasteiger partial charge is 0.491 e. The van der Waals surface area contributed by atoms with Crippen molar-refractivity contribution >= 4 is 11.6 Å². The number of nitrogens with zero attached hydrogens (tertiary/aromatic N) is 1. The topological polar surface area (TPSA) is 54.4 Å². The molecule has 2 unspecified atom stereocenters. The van der Waals surface area contributed by atoms with Crippen LogP contribution in [0.5, 0.6) is 5.75 Å². The van der Waals surface area contributed by atoms with Crippen molar-refractivity contribution in [3.8, 4) is 5.75 Å². The van der Waals surface area contributed by atoms with Crippen molar-refractivity contribution in [1.29, 1.82) is 0 Å². The highest BCUT2D eigenvalue weighted by atomic mass is 35.5. The molecule has 140 valence electrons. The average molecular weight is 383 g/mol. The summed E-state index contributed by atoms with van der Waals surface area (Å²) in [5, 5.41) is 14.4. The SMILES string of the molecule is Cc1ccc(C(NCC(O)COc2ccc(Cl)cc2)c2ccccn2)cc1. The van der Waals surface area contributed by atoms with E-state index in [2.05, 4.69) is 41.5 Å². The fraction of sp³-hybridized carbons (Fsp3) is 0.227. The number of rotatable bonds is 8. The first-order valence-electron chi connectivity index (χ1n) is 8.89. The zero-order chi connectivity index (χ0) is 19.1. The highest BCUT2D eigenvalue weighted by Crippen LogP contribution is 2.21. The number of aliphatic hydroxyl groups is 1. The summed E-state index contributed by atoms with van der Waals surface area (Å²) >= 11 is 5.86. The number of benzene rings is 2. The van der Waals surface area contributed by atoms with Crippen molar-refractivity contribution in [2.45, 2.75) is 19.1 Å². The molecule has 0 bridgehead atoms. The maximum atomic E-state index is 10.3. The molecule has 0 aliphatic heterocycles. The Kier molecular flexibility index (Phi) is 6.82. The van der Waals surface area contributed by atoms with E-state index in [1.54, 1.807) is 30.5 Å². The summed E-state index contributed by atoms with van der Waals surface area (Å²) in [6.45, 7) is 2.63. The van der Waals surface area contributed by atoms with E-state index in [1.165, 1.54) is 5.56 Å². The van der Waals surface area contributed by atoms with Crippen molar-refractivity contribution < 1.29 is 9.84 Å². The lowest BCUT2D eigenvalue weighted by Gasteiger charge is -2.21. The lowest BCUT2D eigenvalue weighted by atomic mass is 10.0. The van der Waals surface area contributed by atoms with E-state index in [0.29, 0.717) is 17.3 Å². The van der Waals surface area contributed by atoms with E-state index in [9.17, 15) is 5.11 Å². The second kappa shape index (κ2) is 9.51. The molecular formula is C22H23ClN2O2. The number of hydrogen-bond donors (Lipinski definition) is 2. The molecule has 3 rings (SSSR count). The Morgan fingerprint density at radius 1 is 1.04 bits per heavy atom. The Bertz CT molecular complexity index is 823. The molecule has 2 atom stereocenters. The van der Waals surface area contributed by atoms with Crippen LogP contribution in [0.25, 0.3) is 0 Å². The molecule has 0 fully saturated rings. The summed E-state index contributed by atoms with van der Waals surface area (Å²) in [4.78, 5) is 4.47. The number of hydrogen-bond acceptors (Lipinski definition) is 4. The summed E-state index contributed by atoms with van der Waals surface area (Å²) in [7, 11) is 0. The number of halogens is 1. The van der Waals surface area contributed by atoms with E-state index in [-0.39, 0.29) is 12.6 Å². The zero-order valence-corrected chi connectivity index (χ0v) is 15.9. The van der Waals surface area contributed by atoms with Crippen LogP contribution >= 0.6 is 11.6 Å². The van der Waals surface area contributed by atoms with Gasteiger partial charge in [0.2, 0.25) is 0 Å². The normalized spacial score (nSPS) is 13.1. The number of pyridine rings is 1. The third kappa shape index (κ3) is 5.79. The molecule has 0 aliphatic carbocycles. The van der Waals surface area contributed by atoms with Crippen LogP contribution in [0.1, 0.15) is 22.9 Å². The molecule has 2 aromatic carbocycles. The van der Waals surface area contributed by atoms with Gasteiger partial charge in [-0.3, -0.25) is 4.98 Å². The van der Waals surface area contributed by atoms with Crippen LogP contribution in [-0.2, 0) is 0 Å². The zero-order valence-electron chi connectivity index (χ0n) is 15.2. The molecule has 3 aromatic rings. The van der Waals surface area contributed by atoms with Crippen LogP contribution in [0.4, 0.5) is 0 Å². The molecule has 0 saturated carbocycles. The first-order chi connectivity index (χ1) is 13.1. The van der Waals surface area contributed by atoms with Crippen molar-refractivity contribution in [1.82, 2.24) is 10.3 Å². The van der Waals surface area contributed by atoms with Gasteiger partial charge in [-0.1, -0.05) is 47.5 Å². The molecule has 5 heteroatoms. The molecule has 0 amide bonds. The number of aromatic nitrogens is 1. The van der Waals surface area contributed by atoms with Gasteiger partial charge in [-0.05, 0) is 48.9 Å². The first kappa shape index (κ1) is 19.4. The summed E-state index contributed by atoms with van der Waals surface area (Å²) in [5.41, 5.74) is 3.22. The third-order valence-electron chi connectivity index (χ3n) is 4.21. The fourth-order valence-corrected chi connectivity index (χ4v) is 2.86. The molecule has 0 spiro atoms. The Morgan fingerprint density at radius 2 is 1.78 bits per heavy atom. The van der Waals surface area contributed by atoms with Gasteiger partial charge in [-0.15, -0.1) is 0 Å². The molecule has 0 aliphatic rings.